The Bertz CT molecular complexity index is 238. The maximum absolute atomic E-state index is 11.5. The van der Waals surface area contributed by atoms with Crippen molar-refractivity contribution in [3.63, 3.8) is 0 Å². The van der Waals surface area contributed by atoms with Crippen LogP contribution in [0.2, 0.25) is 0 Å². The minimum Gasteiger partial charge on any atom is -0.462 e. The largest absolute Gasteiger partial charge is 0.462 e. The number of esters is 1. The molecule has 0 bridgehead atoms. The molecule has 2 heteroatoms. The van der Waals surface area contributed by atoms with Crippen LogP contribution < -0.4 is 0 Å². The highest BCUT2D eigenvalue weighted by molar-refractivity contribution is 5.69. The van der Waals surface area contributed by atoms with Crippen LogP contribution in [0.5, 0.6) is 0 Å². The number of unbranched alkanes of at least 4 members (excludes halogenated alkanes) is 10. The van der Waals surface area contributed by atoms with Gasteiger partial charge in [0.25, 0.3) is 0 Å². The van der Waals surface area contributed by atoms with E-state index in [0.717, 1.165) is 12.8 Å². The number of ether oxygens (including phenoxy) is 1. The fraction of sp³-hybridized carbons (Fsp3) is 0.950. The average molecular weight is 313 g/mol. The van der Waals surface area contributed by atoms with Crippen molar-refractivity contribution in [1.29, 1.82) is 0 Å². The second-order valence-electron chi connectivity index (χ2n) is 6.58. The Hall–Kier alpha value is -0.530. The Balaban J connectivity index is 3.75. The molecule has 0 saturated heterocycles. The molecule has 0 heterocycles. The van der Waals surface area contributed by atoms with Crippen LogP contribution >= 0.6 is 0 Å². The summed E-state index contributed by atoms with van der Waals surface area (Å²) >= 11 is 0. The van der Waals surface area contributed by atoms with Crippen LogP contribution in [-0.2, 0) is 9.53 Å². The van der Waals surface area contributed by atoms with Crippen molar-refractivity contribution in [1.82, 2.24) is 0 Å². The zero-order valence-electron chi connectivity index (χ0n) is 15.5. The Morgan fingerprint density at radius 1 is 0.682 bits per heavy atom. The highest BCUT2D eigenvalue weighted by Crippen LogP contribution is 2.17. The van der Waals surface area contributed by atoms with Gasteiger partial charge in [-0.25, -0.2) is 0 Å². The van der Waals surface area contributed by atoms with E-state index in [9.17, 15) is 4.79 Å². The zero-order valence-corrected chi connectivity index (χ0v) is 15.5. The monoisotopic (exact) mass is 312 g/mol. The summed E-state index contributed by atoms with van der Waals surface area (Å²) in [6, 6.07) is 0. The summed E-state index contributed by atoms with van der Waals surface area (Å²) in [6.45, 7) is 6.38. The summed E-state index contributed by atoms with van der Waals surface area (Å²) < 4.78 is 5.61. The molecule has 0 saturated carbocycles. The van der Waals surface area contributed by atoms with E-state index in [-0.39, 0.29) is 12.1 Å². The van der Waals surface area contributed by atoms with Gasteiger partial charge in [0, 0.05) is 6.42 Å². The molecule has 0 aromatic rings. The highest BCUT2D eigenvalue weighted by Gasteiger charge is 2.12. The molecule has 0 fully saturated rings. The predicted octanol–water partition coefficient (Wildman–Crippen LogP) is 6.81. The van der Waals surface area contributed by atoms with E-state index >= 15 is 0 Å². The van der Waals surface area contributed by atoms with Crippen molar-refractivity contribution in [2.75, 3.05) is 0 Å². The molecule has 22 heavy (non-hydrogen) atoms. The first-order valence-corrected chi connectivity index (χ1v) is 9.94. The third kappa shape index (κ3) is 14.4. The fourth-order valence-corrected chi connectivity index (χ4v) is 2.84. The maximum atomic E-state index is 11.5. The van der Waals surface area contributed by atoms with Gasteiger partial charge >= 0.3 is 5.97 Å². The van der Waals surface area contributed by atoms with Crippen molar-refractivity contribution in [3.8, 4) is 0 Å². The van der Waals surface area contributed by atoms with Crippen molar-refractivity contribution in [2.45, 2.75) is 123 Å². The fourth-order valence-electron chi connectivity index (χ4n) is 2.84. The van der Waals surface area contributed by atoms with E-state index < -0.39 is 0 Å². The van der Waals surface area contributed by atoms with Crippen LogP contribution in [-0.4, -0.2) is 12.1 Å². The highest BCUT2D eigenvalue weighted by atomic mass is 16.5. The predicted molar refractivity (Wildman–Crippen MR) is 96.2 cm³/mol. The first kappa shape index (κ1) is 21.5. The molecule has 0 aromatic heterocycles. The van der Waals surface area contributed by atoms with Crippen molar-refractivity contribution >= 4 is 5.97 Å². The topological polar surface area (TPSA) is 26.3 Å². The summed E-state index contributed by atoms with van der Waals surface area (Å²) in [5.41, 5.74) is 0. The molecule has 1 atom stereocenters. The van der Waals surface area contributed by atoms with Gasteiger partial charge in [-0.3, -0.25) is 4.79 Å². The second-order valence-corrected chi connectivity index (χ2v) is 6.58. The number of hydrogen-bond donors (Lipinski definition) is 0. The third-order valence-corrected chi connectivity index (χ3v) is 4.35. The van der Waals surface area contributed by atoms with Crippen LogP contribution in [0.3, 0.4) is 0 Å². The molecule has 0 aliphatic carbocycles. The van der Waals surface area contributed by atoms with Crippen LogP contribution in [0.4, 0.5) is 0 Å². The Labute approximate surface area is 139 Å². The standard InChI is InChI=1S/C20H40O2/c1-4-7-9-11-12-14-16-18-19(22-20(21)6-3)17-15-13-10-8-5-2/h19H,4-18H2,1-3H3. The molecule has 132 valence electrons. The van der Waals surface area contributed by atoms with Gasteiger partial charge in [0.05, 0.1) is 0 Å². The average Bonchev–Trinajstić information content (AvgIpc) is 2.53. The third-order valence-electron chi connectivity index (χ3n) is 4.35. The maximum Gasteiger partial charge on any atom is 0.305 e. The second kappa shape index (κ2) is 16.8. The first-order valence-electron chi connectivity index (χ1n) is 9.94. The summed E-state index contributed by atoms with van der Waals surface area (Å²) in [4.78, 5) is 11.5. The number of carbonyl (C=O) groups is 1. The molecular weight excluding hydrogens is 272 g/mol. The number of hydrogen-bond acceptors (Lipinski definition) is 2. The quantitative estimate of drug-likeness (QED) is 0.231. The molecule has 0 N–H and O–H groups in total. The van der Waals surface area contributed by atoms with E-state index in [1.165, 1.54) is 77.0 Å². The lowest BCUT2D eigenvalue weighted by Crippen LogP contribution is -2.17. The van der Waals surface area contributed by atoms with Crippen LogP contribution in [0, 0.1) is 0 Å². The van der Waals surface area contributed by atoms with Gasteiger partial charge in [-0.05, 0) is 25.7 Å². The Kier molecular flexibility index (Phi) is 16.4. The summed E-state index contributed by atoms with van der Waals surface area (Å²) in [5.74, 6) is -0.0264. The minimum atomic E-state index is -0.0264. The normalized spacial score (nSPS) is 12.3. The summed E-state index contributed by atoms with van der Waals surface area (Å²) in [6.07, 6.45) is 18.5. The summed E-state index contributed by atoms with van der Waals surface area (Å²) in [5, 5.41) is 0. The van der Waals surface area contributed by atoms with Gasteiger partial charge in [-0.2, -0.15) is 0 Å². The number of rotatable bonds is 16. The van der Waals surface area contributed by atoms with Gasteiger partial charge in [0.15, 0.2) is 0 Å². The van der Waals surface area contributed by atoms with Gasteiger partial charge in [0.2, 0.25) is 0 Å². The molecule has 0 aliphatic heterocycles. The Morgan fingerprint density at radius 3 is 1.50 bits per heavy atom. The minimum absolute atomic E-state index is 0.0264. The molecular formula is C20H40O2. The number of carbonyl (C=O) groups excluding carboxylic acids is 1. The van der Waals surface area contributed by atoms with Crippen LogP contribution in [0.1, 0.15) is 117 Å². The van der Waals surface area contributed by atoms with Gasteiger partial charge in [-0.15, -0.1) is 0 Å². The van der Waals surface area contributed by atoms with Gasteiger partial charge < -0.3 is 4.74 Å². The summed E-state index contributed by atoms with van der Waals surface area (Å²) in [7, 11) is 0. The SMILES string of the molecule is CCCCCCCCCC(CCCCCCC)OC(=O)CC. The Morgan fingerprint density at radius 2 is 1.09 bits per heavy atom. The van der Waals surface area contributed by atoms with Gasteiger partial charge in [0.1, 0.15) is 6.10 Å². The van der Waals surface area contributed by atoms with E-state index in [2.05, 4.69) is 13.8 Å². The molecule has 2 nitrogen and oxygen atoms in total. The van der Waals surface area contributed by atoms with Crippen molar-refractivity contribution in [2.24, 2.45) is 0 Å². The van der Waals surface area contributed by atoms with Gasteiger partial charge in [-0.1, -0.05) is 85.0 Å². The van der Waals surface area contributed by atoms with Crippen LogP contribution in [0.25, 0.3) is 0 Å². The smallest absolute Gasteiger partial charge is 0.305 e. The van der Waals surface area contributed by atoms with Crippen LogP contribution in [0.15, 0.2) is 0 Å². The molecule has 0 spiro atoms. The molecule has 0 aromatic carbocycles. The molecule has 1 unspecified atom stereocenters. The van der Waals surface area contributed by atoms with E-state index in [0.29, 0.717) is 6.42 Å². The lowest BCUT2D eigenvalue weighted by molar-refractivity contribution is -0.149. The van der Waals surface area contributed by atoms with E-state index in [1.807, 2.05) is 6.92 Å². The molecule has 0 aliphatic rings. The zero-order chi connectivity index (χ0) is 16.5. The van der Waals surface area contributed by atoms with E-state index in [1.54, 1.807) is 0 Å². The molecule has 0 amide bonds. The lowest BCUT2D eigenvalue weighted by atomic mass is 10.0. The molecule has 0 rings (SSSR count). The van der Waals surface area contributed by atoms with Crippen molar-refractivity contribution in [3.05, 3.63) is 0 Å². The van der Waals surface area contributed by atoms with E-state index in [4.69, 9.17) is 4.74 Å². The first-order chi connectivity index (χ1) is 10.7. The lowest BCUT2D eigenvalue weighted by Gasteiger charge is -2.17. The van der Waals surface area contributed by atoms with Crippen molar-refractivity contribution < 1.29 is 9.53 Å². The molecule has 0 radical (unpaired) electrons.